The highest BCUT2D eigenvalue weighted by atomic mass is 16.4. The van der Waals surface area contributed by atoms with Crippen LogP contribution in [0.15, 0.2) is 72.8 Å². The molecular weight excluding hydrogens is 420 g/mol. The monoisotopic (exact) mass is 452 g/mol. The van der Waals surface area contributed by atoms with Gasteiger partial charge in [0.15, 0.2) is 0 Å². The van der Waals surface area contributed by atoms with E-state index in [0.717, 1.165) is 39.1 Å². The molecule has 176 valence electrons. The molecule has 0 aliphatic carbocycles. The van der Waals surface area contributed by atoms with Gasteiger partial charge < -0.3 is 19.9 Å². The molecule has 2 N–H and O–H groups in total. The summed E-state index contributed by atoms with van der Waals surface area (Å²) in [4.78, 5) is 35.3. The first-order valence-electron chi connectivity index (χ1n) is 11.1. The quantitative estimate of drug-likeness (QED) is 0.562. The van der Waals surface area contributed by atoms with Gasteiger partial charge in [0.05, 0.1) is 6.04 Å². The van der Waals surface area contributed by atoms with E-state index in [0.29, 0.717) is 30.4 Å². The number of carboxylic acids is 2. The molecule has 0 saturated carbocycles. The number of carbonyl (C=O) groups excluding carboxylic acids is 1. The maximum atomic E-state index is 11.1. The second-order valence-corrected chi connectivity index (χ2v) is 7.92. The van der Waals surface area contributed by atoms with Crippen LogP contribution in [0.4, 0.5) is 0 Å². The summed E-state index contributed by atoms with van der Waals surface area (Å²) >= 11 is 0. The minimum atomic E-state index is -1.26. The number of piperazine rings is 1. The molecule has 1 aliphatic heterocycles. The minimum absolute atomic E-state index is 0.298. The van der Waals surface area contributed by atoms with Gasteiger partial charge in [-0.2, -0.15) is 0 Å². The van der Waals surface area contributed by atoms with Gasteiger partial charge in [-0.15, -0.1) is 0 Å². The van der Waals surface area contributed by atoms with E-state index in [-0.39, 0.29) is 0 Å². The average Bonchev–Trinajstić information content (AvgIpc) is 2.81. The van der Waals surface area contributed by atoms with Crippen LogP contribution in [0, 0.1) is 0 Å². The van der Waals surface area contributed by atoms with E-state index in [9.17, 15) is 14.4 Å². The zero-order chi connectivity index (χ0) is 24.1. The maximum absolute atomic E-state index is 11.1. The lowest BCUT2D eigenvalue weighted by molar-refractivity contribution is -0.134. The fraction of sp³-hybridized carbons (Fsp3) is 0.346. The van der Waals surface area contributed by atoms with Crippen molar-refractivity contribution in [2.45, 2.75) is 25.8 Å². The van der Waals surface area contributed by atoms with Gasteiger partial charge >= 0.3 is 11.9 Å². The molecular formula is C26H32N2O5. The van der Waals surface area contributed by atoms with Crippen LogP contribution in [0.3, 0.4) is 0 Å². The molecule has 0 amide bonds. The Morgan fingerprint density at radius 1 is 0.818 bits per heavy atom. The second-order valence-electron chi connectivity index (χ2n) is 7.92. The van der Waals surface area contributed by atoms with Crippen molar-refractivity contribution in [2.24, 2.45) is 0 Å². The molecule has 2 aromatic carbocycles. The molecule has 0 unspecified atom stereocenters. The Morgan fingerprint density at radius 3 is 1.67 bits per heavy atom. The van der Waals surface area contributed by atoms with Crippen LogP contribution < -0.4 is 0 Å². The molecule has 1 saturated heterocycles. The van der Waals surface area contributed by atoms with Crippen LogP contribution in [0.25, 0.3) is 0 Å². The van der Waals surface area contributed by atoms with Crippen molar-refractivity contribution < 1.29 is 24.6 Å². The number of hydrogen-bond donors (Lipinski definition) is 2. The van der Waals surface area contributed by atoms with Crippen molar-refractivity contribution in [1.29, 1.82) is 0 Å². The SMILES string of the molecule is CC(=O)CCCN1CCN(C(c2ccccc2)c2ccccc2)CC1.O=C(O)C=CC(=O)O. The van der Waals surface area contributed by atoms with Gasteiger partial charge in [0, 0.05) is 44.8 Å². The fourth-order valence-corrected chi connectivity index (χ4v) is 3.82. The Hall–Kier alpha value is -3.29. The van der Waals surface area contributed by atoms with Crippen LogP contribution >= 0.6 is 0 Å². The van der Waals surface area contributed by atoms with Crippen LogP contribution in [0.5, 0.6) is 0 Å². The van der Waals surface area contributed by atoms with Gasteiger partial charge in [-0.3, -0.25) is 4.90 Å². The summed E-state index contributed by atoms with van der Waals surface area (Å²) in [5.41, 5.74) is 2.72. The zero-order valence-electron chi connectivity index (χ0n) is 19.0. The molecule has 7 heteroatoms. The third-order valence-electron chi connectivity index (χ3n) is 5.37. The van der Waals surface area contributed by atoms with E-state index < -0.39 is 11.9 Å². The number of carbonyl (C=O) groups is 3. The number of carboxylic acid groups (broad SMARTS) is 2. The molecule has 0 spiro atoms. The normalized spacial score (nSPS) is 14.6. The topological polar surface area (TPSA) is 98.2 Å². The number of ketones is 1. The first kappa shape index (κ1) is 26.0. The molecule has 1 aliphatic rings. The van der Waals surface area contributed by atoms with Gasteiger partial charge in [-0.25, -0.2) is 9.59 Å². The molecule has 7 nitrogen and oxygen atoms in total. The van der Waals surface area contributed by atoms with Gasteiger partial charge in [-0.1, -0.05) is 60.7 Å². The van der Waals surface area contributed by atoms with Gasteiger partial charge in [-0.05, 0) is 31.0 Å². The van der Waals surface area contributed by atoms with Crippen molar-refractivity contribution in [2.75, 3.05) is 32.7 Å². The van der Waals surface area contributed by atoms with Gasteiger partial charge in [0.25, 0.3) is 0 Å². The van der Waals surface area contributed by atoms with Gasteiger partial charge in [0.1, 0.15) is 5.78 Å². The Kier molecular flexibility index (Phi) is 11.0. The lowest BCUT2D eigenvalue weighted by Gasteiger charge is -2.39. The predicted octanol–water partition coefficient (Wildman–Crippen LogP) is 3.47. The highest BCUT2D eigenvalue weighted by Gasteiger charge is 2.26. The van der Waals surface area contributed by atoms with Crippen LogP contribution in [0.1, 0.15) is 36.9 Å². The van der Waals surface area contributed by atoms with Crippen LogP contribution in [0.2, 0.25) is 0 Å². The number of Topliss-reactive ketones (excluding diaryl/α,β-unsaturated/α-hetero) is 1. The molecule has 0 atom stereocenters. The lowest BCUT2D eigenvalue weighted by Crippen LogP contribution is -2.48. The Morgan fingerprint density at radius 2 is 1.27 bits per heavy atom. The van der Waals surface area contributed by atoms with E-state index in [1.165, 1.54) is 11.1 Å². The summed E-state index contributed by atoms with van der Waals surface area (Å²) in [5.74, 6) is -2.22. The summed E-state index contributed by atoms with van der Waals surface area (Å²) in [5, 5.41) is 15.6. The van der Waals surface area contributed by atoms with Crippen molar-refractivity contribution in [1.82, 2.24) is 9.80 Å². The first-order valence-corrected chi connectivity index (χ1v) is 11.1. The summed E-state index contributed by atoms with van der Waals surface area (Å²) < 4.78 is 0. The van der Waals surface area contributed by atoms with E-state index in [4.69, 9.17) is 10.2 Å². The predicted molar refractivity (Wildman–Crippen MR) is 127 cm³/mol. The summed E-state index contributed by atoms with van der Waals surface area (Å²) in [6, 6.07) is 21.9. The van der Waals surface area contributed by atoms with Crippen LogP contribution in [-0.4, -0.2) is 70.5 Å². The Balaban J connectivity index is 0.000000414. The standard InChI is InChI=1S/C22H28N2O.C4H4O4/c1-19(25)9-8-14-23-15-17-24(18-16-23)22(20-10-4-2-5-11-20)21-12-6-3-7-13-21;5-3(6)1-2-4(7)8/h2-7,10-13,22H,8-9,14-18H2,1H3;1-2H,(H,5,6)(H,7,8). The molecule has 1 heterocycles. The molecule has 0 bridgehead atoms. The third kappa shape index (κ3) is 9.80. The molecule has 1 fully saturated rings. The number of benzene rings is 2. The van der Waals surface area contributed by atoms with Crippen molar-refractivity contribution in [3.63, 3.8) is 0 Å². The van der Waals surface area contributed by atoms with Crippen molar-refractivity contribution in [3.05, 3.63) is 83.9 Å². The molecule has 0 aromatic heterocycles. The summed E-state index contributed by atoms with van der Waals surface area (Å²) in [6.45, 7) is 7.00. The molecule has 3 rings (SSSR count). The Labute approximate surface area is 195 Å². The van der Waals surface area contributed by atoms with E-state index in [1.54, 1.807) is 6.92 Å². The van der Waals surface area contributed by atoms with E-state index >= 15 is 0 Å². The minimum Gasteiger partial charge on any atom is -0.478 e. The number of aliphatic carboxylic acids is 2. The fourth-order valence-electron chi connectivity index (χ4n) is 3.82. The number of hydrogen-bond acceptors (Lipinski definition) is 5. The van der Waals surface area contributed by atoms with Crippen LogP contribution in [-0.2, 0) is 14.4 Å². The average molecular weight is 453 g/mol. The van der Waals surface area contributed by atoms with Crippen molar-refractivity contribution >= 4 is 17.7 Å². The molecule has 0 radical (unpaired) electrons. The number of nitrogens with zero attached hydrogens (tertiary/aromatic N) is 2. The molecule has 2 aromatic rings. The number of rotatable bonds is 9. The first-order chi connectivity index (χ1) is 15.9. The highest BCUT2D eigenvalue weighted by molar-refractivity contribution is 5.89. The zero-order valence-corrected chi connectivity index (χ0v) is 19.0. The Bertz CT molecular complexity index is 851. The second kappa shape index (κ2) is 14.0. The lowest BCUT2D eigenvalue weighted by atomic mass is 9.96. The summed E-state index contributed by atoms with van der Waals surface area (Å²) in [6.07, 6.45) is 2.80. The smallest absolute Gasteiger partial charge is 0.328 e. The summed E-state index contributed by atoms with van der Waals surface area (Å²) in [7, 11) is 0. The van der Waals surface area contributed by atoms with E-state index in [2.05, 4.69) is 70.5 Å². The van der Waals surface area contributed by atoms with Crippen molar-refractivity contribution in [3.8, 4) is 0 Å². The van der Waals surface area contributed by atoms with Gasteiger partial charge in [0.2, 0.25) is 0 Å². The highest BCUT2D eigenvalue weighted by Crippen LogP contribution is 2.29. The third-order valence-corrected chi connectivity index (χ3v) is 5.37. The maximum Gasteiger partial charge on any atom is 0.328 e. The largest absolute Gasteiger partial charge is 0.478 e. The van der Waals surface area contributed by atoms with E-state index in [1.807, 2.05) is 0 Å². The molecule has 33 heavy (non-hydrogen) atoms.